The fraction of sp³-hybridized carbons (Fsp3) is 0.951. The van der Waals surface area contributed by atoms with Gasteiger partial charge in [-0.3, -0.25) is 37.3 Å². The minimum Gasteiger partial charge on any atom is -0.462 e. The van der Waals surface area contributed by atoms with Gasteiger partial charge in [0.15, 0.2) is 12.2 Å². The van der Waals surface area contributed by atoms with Crippen LogP contribution in [-0.2, 0) is 65.4 Å². The van der Waals surface area contributed by atoms with Crippen LogP contribution in [-0.4, -0.2) is 96.7 Å². The first-order valence-corrected chi connectivity index (χ1v) is 45.0. The van der Waals surface area contributed by atoms with Crippen LogP contribution in [0, 0.1) is 11.8 Å². The van der Waals surface area contributed by atoms with Crippen LogP contribution in [0.25, 0.3) is 0 Å². The van der Waals surface area contributed by atoms with Crippen molar-refractivity contribution in [3.63, 3.8) is 0 Å². The molecule has 0 radical (unpaired) electrons. The molecule has 0 bridgehead atoms. The molecule has 100 heavy (non-hydrogen) atoms. The minimum atomic E-state index is -4.96. The molecule has 0 fully saturated rings. The molecule has 0 aromatic heterocycles. The van der Waals surface area contributed by atoms with Crippen molar-refractivity contribution in [3.8, 4) is 0 Å². The molecule has 0 rings (SSSR count). The molecule has 0 saturated heterocycles. The van der Waals surface area contributed by atoms with Gasteiger partial charge in [0.25, 0.3) is 0 Å². The maximum atomic E-state index is 13.1. The summed E-state index contributed by atoms with van der Waals surface area (Å²) in [5, 5.41) is 10.6. The molecule has 19 heteroatoms. The SMILES string of the molecule is CCCCCCCCCCCCCCCCC(=O)OC[C@H](COP(=O)(O)OC[C@@H](O)COP(=O)(O)OC[C@@H](COC(=O)CCCCCCCCCCCCC(C)C)OC(=O)CCCCCCCCCCCCCCCC)OC(=O)CCCCCCCCCCCCCCCCCCC(C)C. The molecule has 0 aliphatic carbocycles. The Morgan fingerprint density at radius 2 is 0.460 bits per heavy atom. The Morgan fingerprint density at radius 1 is 0.270 bits per heavy atom. The average molecular weight is 1470 g/mol. The minimum absolute atomic E-state index is 0.108. The molecule has 5 atom stereocenters. The third-order valence-electron chi connectivity index (χ3n) is 19.0. The highest BCUT2D eigenvalue weighted by atomic mass is 31.2. The summed E-state index contributed by atoms with van der Waals surface area (Å²) >= 11 is 0. The van der Waals surface area contributed by atoms with Gasteiger partial charge in [0, 0.05) is 25.7 Å². The number of hydrogen-bond donors (Lipinski definition) is 3. The van der Waals surface area contributed by atoms with Crippen molar-refractivity contribution in [1.29, 1.82) is 0 Å². The number of carbonyl (C=O) groups excluding carboxylic acids is 4. The molecule has 17 nitrogen and oxygen atoms in total. The van der Waals surface area contributed by atoms with Gasteiger partial charge < -0.3 is 33.8 Å². The van der Waals surface area contributed by atoms with E-state index in [0.717, 1.165) is 102 Å². The molecule has 0 aromatic carbocycles. The normalized spacial score (nSPS) is 13.9. The van der Waals surface area contributed by atoms with E-state index >= 15 is 0 Å². The summed E-state index contributed by atoms with van der Waals surface area (Å²) in [6.07, 6.45) is 62.3. The van der Waals surface area contributed by atoms with Crippen LogP contribution in [0.4, 0.5) is 0 Å². The monoisotopic (exact) mass is 1470 g/mol. The van der Waals surface area contributed by atoms with Crippen LogP contribution in [0.2, 0.25) is 0 Å². The zero-order chi connectivity index (χ0) is 73.5. The van der Waals surface area contributed by atoms with Crippen LogP contribution >= 0.6 is 15.6 Å². The van der Waals surface area contributed by atoms with Crippen LogP contribution in [0.15, 0.2) is 0 Å². The molecule has 0 heterocycles. The predicted octanol–water partition coefficient (Wildman–Crippen LogP) is 24.3. The summed E-state index contributed by atoms with van der Waals surface area (Å²) < 4.78 is 68.8. The summed E-state index contributed by atoms with van der Waals surface area (Å²) in [4.78, 5) is 73.1. The molecule has 3 N–H and O–H groups in total. The molecule has 0 aliphatic rings. The lowest BCUT2D eigenvalue weighted by Gasteiger charge is -2.21. The molecule has 0 aliphatic heterocycles. The van der Waals surface area contributed by atoms with E-state index in [-0.39, 0.29) is 25.7 Å². The lowest BCUT2D eigenvalue weighted by Crippen LogP contribution is -2.30. The topological polar surface area (TPSA) is 237 Å². The highest BCUT2D eigenvalue weighted by Gasteiger charge is 2.30. The summed E-state index contributed by atoms with van der Waals surface area (Å²) in [5.41, 5.74) is 0. The highest BCUT2D eigenvalue weighted by molar-refractivity contribution is 7.47. The zero-order valence-corrected chi connectivity index (χ0v) is 67.3. The van der Waals surface area contributed by atoms with Crippen molar-refractivity contribution in [2.24, 2.45) is 11.8 Å². The number of aliphatic hydroxyl groups excluding tert-OH is 1. The van der Waals surface area contributed by atoms with E-state index in [1.165, 1.54) is 244 Å². The number of phosphoric ester groups is 2. The average Bonchev–Trinajstić information content (AvgIpc) is 1.10. The lowest BCUT2D eigenvalue weighted by molar-refractivity contribution is -0.161. The molecule has 0 spiro atoms. The van der Waals surface area contributed by atoms with Crippen LogP contribution in [0.5, 0.6) is 0 Å². The second kappa shape index (κ2) is 72.6. The Morgan fingerprint density at radius 3 is 0.680 bits per heavy atom. The van der Waals surface area contributed by atoms with Gasteiger partial charge in [0.05, 0.1) is 26.4 Å². The first-order chi connectivity index (χ1) is 48.4. The van der Waals surface area contributed by atoms with Gasteiger partial charge in [0.1, 0.15) is 19.3 Å². The van der Waals surface area contributed by atoms with E-state index in [1.54, 1.807) is 0 Å². The Labute approximate surface area is 613 Å². The van der Waals surface area contributed by atoms with E-state index < -0.39 is 97.5 Å². The van der Waals surface area contributed by atoms with Crippen molar-refractivity contribution in [2.45, 2.75) is 445 Å². The molecule has 0 amide bonds. The highest BCUT2D eigenvalue weighted by Crippen LogP contribution is 2.45. The number of rotatable bonds is 80. The van der Waals surface area contributed by atoms with Gasteiger partial charge in [0.2, 0.25) is 0 Å². The van der Waals surface area contributed by atoms with Crippen molar-refractivity contribution < 1.29 is 80.2 Å². The molecule has 2 unspecified atom stereocenters. The molecule has 0 saturated carbocycles. The Balaban J connectivity index is 5.26. The third kappa shape index (κ3) is 74.3. The first kappa shape index (κ1) is 98.1. The predicted molar refractivity (Wildman–Crippen MR) is 409 cm³/mol. The van der Waals surface area contributed by atoms with Crippen molar-refractivity contribution in [2.75, 3.05) is 39.6 Å². The summed E-state index contributed by atoms with van der Waals surface area (Å²) in [5.74, 6) is -0.537. The number of hydrogen-bond acceptors (Lipinski definition) is 15. The fourth-order valence-corrected chi connectivity index (χ4v) is 14.1. The second-order valence-corrected chi connectivity index (χ2v) is 33.0. The van der Waals surface area contributed by atoms with Crippen molar-refractivity contribution in [3.05, 3.63) is 0 Å². The number of esters is 4. The molecule has 594 valence electrons. The fourth-order valence-electron chi connectivity index (χ4n) is 12.5. The Kier molecular flexibility index (Phi) is 71.2. The van der Waals surface area contributed by atoms with Gasteiger partial charge in [-0.2, -0.15) is 0 Å². The molecular formula is C81H158O17P2. The van der Waals surface area contributed by atoms with Crippen molar-refractivity contribution in [1.82, 2.24) is 0 Å². The van der Waals surface area contributed by atoms with Gasteiger partial charge >= 0.3 is 39.5 Å². The van der Waals surface area contributed by atoms with Gasteiger partial charge in [-0.1, -0.05) is 375 Å². The van der Waals surface area contributed by atoms with Gasteiger partial charge in [-0.15, -0.1) is 0 Å². The van der Waals surface area contributed by atoms with Crippen LogP contribution in [0.3, 0.4) is 0 Å². The van der Waals surface area contributed by atoms with Crippen LogP contribution in [0.1, 0.15) is 427 Å². The van der Waals surface area contributed by atoms with Crippen molar-refractivity contribution >= 4 is 39.5 Å². The van der Waals surface area contributed by atoms with E-state index in [2.05, 4.69) is 41.5 Å². The zero-order valence-electron chi connectivity index (χ0n) is 65.5. The maximum Gasteiger partial charge on any atom is 0.472 e. The van der Waals surface area contributed by atoms with E-state index in [0.29, 0.717) is 25.7 Å². The summed E-state index contributed by atoms with van der Waals surface area (Å²) in [6, 6.07) is 0. The molecular weight excluding hydrogens is 1310 g/mol. The van der Waals surface area contributed by atoms with E-state index in [9.17, 15) is 43.2 Å². The van der Waals surface area contributed by atoms with E-state index in [4.69, 9.17) is 37.0 Å². The van der Waals surface area contributed by atoms with Gasteiger partial charge in [-0.05, 0) is 37.5 Å². The number of phosphoric acid groups is 2. The third-order valence-corrected chi connectivity index (χ3v) is 20.9. The first-order valence-electron chi connectivity index (χ1n) is 42.0. The van der Waals surface area contributed by atoms with Crippen LogP contribution < -0.4 is 0 Å². The Bertz CT molecular complexity index is 1920. The lowest BCUT2D eigenvalue weighted by atomic mass is 10.0. The number of aliphatic hydroxyl groups is 1. The second-order valence-electron chi connectivity index (χ2n) is 30.1. The largest absolute Gasteiger partial charge is 0.472 e. The standard InChI is InChI=1S/C81H158O17P2/c1-7-9-11-13-15-17-19-21-28-32-39-45-51-57-63-78(83)91-69-76(97-81(86)66-60-54-48-42-34-30-26-24-23-25-27-31-37-43-49-55-61-73(3)4)71-95-99(87,88)93-67-75(82)68-94-100(89,90)96-72-77(70-92-79(84)64-58-52-46-40-36-35-38-44-50-56-62-74(5)6)98-80(85)65-59-53-47-41-33-29-22-20-18-16-14-12-10-8-2/h73-77,82H,7-72H2,1-6H3,(H,87,88)(H,89,90)/t75-,76-,77-/m1/s1. The van der Waals surface area contributed by atoms with Gasteiger partial charge in [-0.25, -0.2) is 9.13 Å². The smallest absolute Gasteiger partial charge is 0.462 e. The van der Waals surface area contributed by atoms with E-state index in [1.807, 2.05) is 0 Å². The Hall–Kier alpha value is -1.94. The summed E-state index contributed by atoms with van der Waals surface area (Å²) in [6.45, 7) is 9.67. The maximum absolute atomic E-state index is 13.1. The number of ether oxygens (including phenoxy) is 4. The molecule has 0 aromatic rings. The number of carbonyl (C=O) groups is 4. The quantitative estimate of drug-likeness (QED) is 0.0222. The number of unbranched alkanes of at least 4 members (excludes halogenated alkanes) is 50. The summed E-state index contributed by atoms with van der Waals surface area (Å²) in [7, 11) is -9.92.